The first-order valence-corrected chi connectivity index (χ1v) is 9.78. The number of halogens is 2. The highest BCUT2D eigenvalue weighted by molar-refractivity contribution is 5.96. The SMILES string of the molecule is CC(C)C(=O)Nc1cc(C(=O)NCc2cnc(OCC(F)F)c(C3CC3)c2)ccn1. The second kappa shape index (κ2) is 9.60. The van der Waals surface area contributed by atoms with E-state index in [1.165, 1.54) is 18.5 Å². The Morgan fingerprint density at radius 2 is 2.00 bits per heavy atom. The van der Waals surface area contributed by atoms with Crippen LogP contribution in [-0.2, 0) is 11.3 Å². The van der Waals surface area contributed by atoms with Gasteiger partial charge in [-0.05, 0) is 42.5 Å². The van der Waals surface area contributed by atoms with Crippen LogP contribution in [-0.4, -0.2) is 34.8 Å². The Morgan fingerprint density at radius 1 is 1.23 bits per heavy atom. The van der Waals surface area contributed by atoms with Crippen LogP contribution in [0.5, 0.6) is 5.88 Å². The number of alkyl halides is 2. The van der Waals surface area contributed by atoms with Crippen LogP contribution in [0.1, 0.15) is 54.1 Å². The van der Waals surface area contributed by atoms with Gasteiger partial charge >= 0.3 is 0 Å². The van der Waals surface area contributed by atoms with Crippen LogP contribution in [0.3, 0.4) is 0 Å². The summed E-state index contributed by atoms with van der Waals surface area (Å²) in [6.45, 7) is 3.05. The Hall–Kier alpha value is -3.10. The van der Waals surface area contributed by atoms with Crippen molar-refractivity contribution in [3.05, 3.63) is 47.3 Å². The Morgan fingerprint density at radius 3 is 2.67 bits per heavy atom. The van der Waals surface area contributed by atoms with Gasteiger partial charge in [-0.3, -0.25) is 9.59 Å². The van der Waals surface area contributed by atoms with Gasteiger partial charge in [-0.1, -0.05) is 13.8 Å². The molecule has 0 unspecified atom stereocenters. The number of rotatable bonds is 9. The van der Waals surface area contributed by atoms with Crippen LogP contribution in [0.4, 0.5) is 14.6 Å². The van der Waals surface area contributed by atoms with E-state index in [9.17, 15) is 18.4 Å². The van der Waals surface area contributed by atoms with E-state index < -0.39 is 13.0 Å². The minimum absolute atomic E-state index is 0.187. The van der Waals surface area contributed by atoms with Gasteiger partial charge in [0, 0.05) is 36.0 Å². The molecule has 0 aliphatic heterocycles. The highest BCUT2D eigenvalue weighted by Gasteiger charge is 2.28. The molecule has 1 aliphatic carbocycles. The molecule has 0 bridgehead atoms. The normalized spacial score (nSPS) is 13.4. The van der Waals surface area contributed by atoms with Gasteiger partial charge in [0.2, 0.25) is 11.8 Å². The maximum Gasteiger partial charge on any atom is 0.272 e. The zero-order valence-corrected chi connectivity index (χ0v) is 16.8. The fourth-order valence-corrected chi connectivity index (χ4v) is 2.76. The molecule has 160 valence electrons. The average molecular weight is 418 g/mol. The van der Waals surface area contributed by atoms with Gasteiger partial charge in [0.15, 0.2) is 6.61 Å². The zero-order chi connectivity index (χ0) is 21.7. The molecule has 0 saturated heterocycles. The molecule has 0 atom stereocenters. The van der Waals surface area contributed by atoms with Crippen LogP contribution >= 0.6 is 0 Å². The number of hydrogen-bond acceptors (Lipinski definition) is 5. The van der Waals surface area contributed by atoms with Gasteiger partial charge in [0.25, 0.3) is 12.3 Å². The van der Waals surface area contributed by atoms with Gasteiger partial charge in [-0.2, -0.15) is 0 Å². The van der Waals surface area contributed by atoms with Crippen molar-refractivity contribution in [1.29, 1.82) is 0 Å². The van der Waals surface area contributed by atoms with E-state index in [1.807, 2.05) is 6.07 Å². The second-order valence-electron chi connectivity index (χ2n) is 7.47. The summed E-state index contributed by atoms with van der Waals surface area (Å²) in [5.74, 6) is 0.0710. The van der Waals surface area contributed by atoms with Gasteiger partial charge in [0.1, 0.15) is 5.82 Å². The molecular weight excluding hydrogens is 394 g/mol. The molecule has 2 aromatic heterocycles. The fourth-order valence-electron chi connectivity index (χ4n) is 2.76. The molecular formula is C21H24F2N4O3. The lowest BCUT2D eigenvalue weighted by Crippen LogP contribution is -2.24. The lowest BCUT2D eigenvalue weighted by molar-refractivity contribution is -0.118. The van der Waals surface area contributed by atoms with Crippen molar-refractivity contribution < 1.29 is 23.1 Å². The lowest BCUT2D eigenvalue weighted by Gasteiger charge is -2.12. The predicted octanol–water partition coefficient (Wildman–Crippen LogP) is 3.52. The summed E-state index contributed by atoms with van der Waals surface area (Å²) in [6.07, 6.45) is 2.32. The van der Waals surface area contributed by atoms with E-state index >= 15 is 0 Å². The topological polar surface area (TPSA) is 93.2 Å². The highest BCUT2D eigenvalue weighted by Crippen LogP contribution is 2.43. The van der Waals surface area contributed by atoms with Crippen molar-refractivity contribution in [2.45, 2.75) is 45.6 Å². The Bertz CT molecular complexity index is 917. The monoisotopic (exact) mass is 418 g/mol. The summed E-state index contributed by atoms with van der Waals surface area (Å²) in [5.41, 5.74) is 1.90. The Kier molecular flexibility index (Phi) is 6.91. The second-order valence-corrected chi connectivity index (χ2v) is 7.47. The average Bonchev–Trinajstić information content (AvgIpc) is 3.56. The summed E-state index contributed by atoms with van der Waals surface area (Å²) in [4.78, 5) is 32.5. The van der Waals surface area contributed by atoms with Crippen LogP contribution in [0.2, 0.25) is 0 Å². The van der Waals surface area contributed by atoms with E-state index in [0.29, 0.717) is 11.4 Å². The van der Waals surface area contributed by atoms with Crippen LogP contribution in [0.15, 0.2) is 30.6 Å². The minimum atomic E-state index is -2.56. The molecule has 0 aromatic carbocycles. The number of nitrogens with zero attached hydrogens (tertiary/aromatic N) is 2. The number of ether oxygens (including phenoxy) is 1. The van der Waals surface area contributed by atoms with Gasteiger partial charge in [0.05, 0.1) is 0 Å². The lowest BCUT2D eigenvalue weighted by atomic mass is 10.1. The summed E-state index contributed by atoms with van der Waals surface area (Å²) in [6, 6.07) is 4.90. The zero-order valence-electron chi connectivity index (χ0n) is 16.8. The molecule has 0 radical (unpaired) electrons. The van der Waals surface area contributed by atoms with Gasteiger partial charge < -0.3 is 15.4 Å². The maximum absolute atomic E-state index is 12.5. The van der Waals surface area contributed by atoms with Crippen molar-refractivity contribution >= 4 is 17.6 Å². The van der Waals surface area contributed by atoms with E-state index in [-0.39, 0.29) is 36.1 Å². The van der Waals surface area contributed by atoms with E-state index in [2.05, 4.69) is 20.6 Å². The number of amides is 2. The largest absolute Gasteiger partial charge is 0.471 e. The Labute approximate surface area is 173 Å². The number of pyridine rings is 2. The van der Waals surface area contributed by atoms with Crippen molar-refractivity contribution in [2.24, 2.45) is 5.92 Å². The van der Waals surface area contributed by atoms with E-state index in [4.69, 9.17) is 4.74 Å². The first kappa shape index (κ1) is 21.6. The first-order valence-electron chi connectivity index (χ1n) is 9.78. The molecule has 1 saturated carbocycles. The first-order chi connectivity index (χ1) is 14.3. The third-order valence-electron chi connectivity index (χ3n) is 4.55. The molecule has 2 amide bonds. The summed E-state index contributed by atoms with van der Waals surface area (Å²) in [5, 5.41) is 5.45. The maximum atomic E-state index is 12.5. The van der Waals surface area contributed by atoms with Crippen LogP contribution in [0.25, 0.3) is 0 Å². The molecule has 7 nitrogen and oxygen atoms in total. The van der Waals surface area contributed by atoms with Crippen molar-refractivity contribution in [3.8, 4) is 5.88 Å². The van der Waals surface area contributed by atoms with E-state index in [0.717, 1.165) is 24.0 Å². The summed E-state index contributed by atoms with van der Waals surface area (Å²) < 4.78 is 30.0. The molecule has 0 spiro atoms. The number of hydrogen-bond donors (Lipinski definition) is 2. The minimum Gasteiger partial charge on any atom is -0.471 e. The quantitative estimate of drug-likeness (QED) is 0.650. The summed E-state index contributed by atoms with van der Waals surface area (Å²) in [7, 11) is 0. The number of aromatic nitrogens is 2. The summed E-state index contributed by atoms with van der Waals surface area (Å²) >= 11 is 0. The molecule has 1 aliphatic rings. The Balaban J connectivity index is 1.63. The third-order valence-corrected chi connectivity index (χ3v) is 4.55. The smallest absolute Gasteiger partial charge is 0.272 e. The highest BCUT2D eigenvalue weighted by atomic mass is 19.3. The number of carbonyl (C=O) groups is 2. The molecule has 1 fully saturated rings. The number of nitrogens with one attached hydrogen (secondary N) is 2. The molecule has 2 N–H and O–H groups in total. The molecule has 2 aromatic rings. The standard InChI is InChI=1S/C21H24F2N4O3/c1-12(2)19(28)27-18-8-15(5-6-24-18)20(29)25-9-13-7-16(14-3-4-14)21(26-10-13)30-11-17(22)23/h5-8,10,12,14,17H,3-4,9,11H2,1-2H3,(H,25,29)(H,24,27,28). The van der Waals surface area contributed by atoms with Crippen molar-refractivity contribution in [3.63, 3.8) is 0 Å². The molecule has 2 heterocycles. The van der Waals surface area contributed by atoms with Crippen LogP contribution in [0, 0.1) is 5.92 Å². The number of carbonyl (C=O) groups excluding carboxylic acids is 2. The third kappa shape index (κ3) is 5.95. The van der Waals surface area contributed by atoms with Gasteiger partial charge in [-0.15, -0.1) is 0 Å². The molecule has 3 rings (SSSR count). The molecule has 30 heavy (non-hydrogen) atoms. The molecule has 9 heteroatoms. The van der Waals surface area contributed by atoms with Crippen LogP contribution < -0.4 is 15.4 Å². The van der Waals surface area contributed by atoms with Crippen molar-refractivity contribution in [1.82, 2.24) is 15.3 Å². The fraction of sp³-hybridized carbons (Fsp3) is 0.429. The van der Waals surface area contributed by atoms with Gasteiger partial charge in [-0.25, -0.2) is 18.7 Å². The van der Waals surface area contributed by atoms with Crippen molar-refractivity contribution in [2.75, 3.05) is 11.9 Å². The van der Waals surface area contributed by atoms with E-state index in [1.54, 1.807) is 19.9 Å². The number of anilines is 1. The predicted molar refractivity (Wildman–Crippen MR) is 107 cm³/mol.